The SMILES string of the molecule is Cc1cc(CNC2CC2)ccc1N(C)C1CCCC(C)C1. The molecule has 0 heterocycles. The third-order valence-electron chi connectivity index (χ3n) is 5.27. The smallest absolute Gasteiger partial charge is 0.0396 e. The number of nitrogens with zero attached hydrogens (tertiary/aromatic N) is 1. The first-order valence-electron chi connectivity index (χ1n) is 8.69. The van der Waals surface area contributed by atoms with E-state index in [1.165, 1.54) is 55.3 Å². The molecular formula is C19H30N2. The van der Waals surface area contributed by atoms with Crippen LogP contribution in [0, 0.1) is 12.8 Å². The summed E-state index contributed by atoms with van der Waals surface area (Å²) >= 11 is 0. The quantitative estimate of drug-likeness (QED) is 0.870. The van der Waals surface area contributed by atoms with E-state index in [0.29, 0.717) is 0 Å². The van der Waals surface area contributed by atoms with Gasteiger partial charge in [-0.2, -0.15) is 0 Å². The first kappa shape index (κ1) is 14.9. The normalized spacial score (nSPS) is 25.9. The molecule has 0 radical (unpaired) electrons. The molecular weight excluding hydrogens is 256 g/mol. The molecule has 0 bridgehead atoms. The summed E-state index contributed by atoms with van der Waals surface area (Å²) in [6, 6.07) is 8.52. The second-order valence-corrected chi connectivity index (χ2v) is 7.31. The fourth-order valence-electron chi connectivity index (χ4n) is 3.72. The van der Waals surface area contributed by atoms with Crippen molar-refractivity contribution in [2.24, 2.45) is 5.92 Å². The third-order valence-corrected chi connectivity index (χ3v) is 5.27. The first-order valence-corrected chi connectivity index (χ1v) is 8.69. The fourth-order valence-corrected chi connectivity index (χ4v) is 3.72. The molecule has 0 spiro atoms. The molecule has 21 heavy (non-hydrogen) atoms. The van der Waals surface area contributed by atoms with Gasteiger partial charge in [-0.1, -0.05) is 31.9 Å². The Bertz CT molecular complexity index is 478. The van der Waals surface area contributed by atoms with Gasteiger partial charge in [-0.3, -0.25) is 0 Å². The fraction of sp³-hybridized carbons (Fsp3) is 0.684. The van der Waals surface area contributed by atoms with Crippen molar-refractivity contribution in [3.8, 4) is 0 Å². The molecule has 116 valence electrons. The van der Waals surface area contributed by atoms with E-state index in [1.807, 2.05) is 0 Å². The zero-order valence-electron chi connectivity index (χ0n) is 13.9. The molecule has 2 fully saturated rings. The maximum atomic E-state index is 3.60. The van der Waals surface area contributed by atoms with Crippen molar-refractivity contribution < 1.29 is 0 Å². The average molecular weight is 286 g/mol. The number of hydrogen-bond acceptors (Lipinski definition) is 2. The topological polar surface area (TPSA) is 15.3 Å². The second-order valence-electron chi connectivity index (χ2n) is 7.31. The van der Waals surface area contributed by atoms with E-state index >= 15 is 0 Å². The lowest BCUT2D eigenvalue weighted by atomic mass is 9.86. The Kier molecular flexibility index (Phi) is 4.54. The van der Waals surface area contributed by atoms with E-state index in [1.54, 1.807) is 0 Å². The van der Waals surface area contributed by atoms with Gasteiger partial charge in [0.25, 0.3) is 0 Å². The summed E-state index contributed by atoms with van der Waals surface area (Å²) < 4.78 is 0. The molecule has 0 aliphatic heterocycles. The molecule has 2 heteroatoms. The number of anilines is 1. The second kappa shape index (κ2) is 6.39. The van der Waals surface area contributed by atoms with Crippen molar-refractivity contribution in [3.05, 3.63) is 29.3 Å². The van der Waals surface area contributed by atoms with E-state index in [0.717, 1.165) is 24.5 Å². The molecule has 0 saturated heterocycles. The molecule has 2 saturated carbocycles. The van der Waals surface area contributed by atoms with Crippen LogP contribution in [0.4, 0.5) is 5.69 Å². The standard InChI is InChI=1S/C19H30N2/c1-14-5-4-6-18(11-14)21(3)19-10-7-16(12-15(19)2)13-20-17-8-9-17/h7,10,12,14,17-18,20H,4-6,8-9,11,13H2,1-3H3. The maximum absolute atomic E-state index is 3.60. The monoisotopic (exact) mass is 286 g/mol. The molecule has 2 aliphatic rings. The molecule has 2 atom stereocenters. The van der Waals surface area contributed by atoms with Crippen molar-refractivity contribution in [1.82, 2.24) is 5.32 Å². The van der Waals surface area contributed by atoms with Gasteiger partial charge < -0.3 is 10.2 Å². The summed E-state index contributed by atoms with van der Waals surface area (Å²) in [5.74, 6) is 0.883. The van der Waals surface area contributed by atoms with Crippen molar-refractivity contribution >= 4 is 5.69 Å². The van der Waals surface area contributed by atoms with E-state index in [4.69, 9.17) is 0 Å². The van der Waals surface area contributed by atoms with Crippen LogP contribution in [0.2, 0.25) is 0 Å². The summed E-state index contributed by atoms with van der Waals surface area (Å²) in [5, 5.41) is 3.60. The predicted molar refractivity (Wildman–Crippen MR) is 90.9 cm³/mol. The highest BCUT2D eigenvalue weighted by molar-refractivity contribution is 5.54. The van der Waals surface area contributed by atoms with Crippen LogP contribution >= 0.6 is 0 Å². The van der Waals surface area contributed by atoms with Crippen LogP contribution in [0.25, 0.3) is 0 Å². The number of aryl methyl sites for hydroxylation is 1. The summed E-state index contributed by atoms with van der Waals surface area (Å²) in [7, 11) is 2.28. The minimum absolute atomic E-state index is 0.725. The van der Waals surface area contributed by atoms with Gasteiger partial charge >= 0.3 is 0 Å². The van der Waals surface area contributed by atoms with Gasteiger partial charge in [0.1, 0.15) is 0 Å². The van der Waals surface area contributed by atoms with Gasteiger partial charge in [-0.05, 0) is 55.7 Å². The molecule has 0 amide bonds. The van der Waals surface area contributed by atoms with E-state index < -0.39 is 0 Å². The van der Waals surface area contributed by atoms with Gasteiger partial charge in [0.15, 0.2) is 0 Å². The average Bonchev–Trinajstić information content (AvgIpc) is 3.29. The van der Waals surface area contributed by atoms with E-state index in [2.05, 4.69) is 49.3 Å². The van der Waals surface area contributed by atoms with Crippen molar-refractivity contribution in [1.29, 1.82) is 0 Å². The maximum Gasteiger partial charge on any atom is 0.0396 e. The van der Waals surface area contributed by atoms with Crippen LogP contribution in [0.15, 0.2) is 18.2 Å². The lowest BCUT2D eigenvalue weighted by Crippen LogP contribution is -2.36. The molecule has 3 rings (SSSR count). The van der Waals surface area contributed by atoms with E-state index in [9.17, 15) is 0 Å². The Balaban J connectivity index is 1.65. The third kappa shape index (κ3) is 3.79. The number of benzene rings is 1. The molecule has 2 aliphatic carbocycles. The molecule has 2 unspecified atom stereocenters. The van der Waals surface area contributed by atoms with Crippen molar-refractivity contribution in [2.45, 2.75) is 71.0 Å². The summed E-state index contributed by atoms with van der Waals surface area (Å²) in [6.07, 6.45) is 8.22. The summed E-state index contributed by atoms with van der Waals surface area (Å²) in [4.78, 5) is 2.53. The summed E-state index contributed by atoms with van der Waals surface area (Å²) in [6.45, 7) is 5.69. The molecule has 1 aromatic rings. The van der Waals surface area contributed by atoms with Crippen LogP contribution in [0.3, 0.4) is 0 Å². The van der Waals surface area contributed by atoms with Crippen LogP contribution in [-0.4, -0.2) is 19.1 Å². The minimum Gasteiger partial charge on any atom is -0.371 e. The van der Waals surface area contributed by atoms with Crippen molar-refractivity contribution in [3.63, 3.8) is 0 Å². The number of nitrogens with one attached hydrogen (secondary N) is 1. The highest BCUT2D eigenvalue weighted by Crippen LogP contribution is 2.31. The van der Waals surface area contributed by atoms with Gasteiger partial charge in [0, 0.05) is 31.4 Å². The van der Waals surface area contributed by atoms with E-state index in [-0.39, 0.29) is 0 Å². The van der Waals surface area contributed by atoms with Gasteiger partial charge in [-0.15, -0.1) is 0 Å². The van der Waals surface area contributed by atoms with Crippen molar-refractivity contribution in [2.75, 3.05) is 11.9 Å². The lowest BCUT2D eigenvalue weighted by Gasteiger charge is -2.36. The Hall–Kier alpha value is -1.02. The highest BCUT2D eigenvalue weighted by Gasteiger charge is 2.23. The Labute approximate surface area is 129 Å². The molecule has 1 N–H and O–H groups in total. The first-order chi connectivity index (χ1) is 10.1. The Morgan fingerprint density at radius 3 is 2.67 bits per heavy atom. The minimum atomic E-state index is 0.725. The van der Waals surface area contributed by atoms with Crippen LogP contribution in [0.5, 0.6) is 0 Å². The Morgan fingerprint density at radius 2 is 2.00 bits per heavy atom. The zero-order chi connectivity index (χ0) is 14.8. The molecule has 2 nitrogen and oxygen atoms in total. The van der Waals surface area contributed by atoms with Gasteiger partial charge in [0.05, 0.1) is 0 Å². The number of hydrogen-bond donors (Lipinski definition) is 1. The zero-order valence-corrected chi connectivity index (χ0v) is 13.9. The summed E-state index contributed by atoms with van der Waals surface area (Å²) in [5.41, 5.74) is 4.27. The lowest BCUT2D eigenvalue weighted by molar-refractivity contribution is 0.336. The van der Waals surface area contributed by atoms with Crippen LogP contribution in [-0.2, 0) is 6.54 Å². The molecule has 1 aromatic carbocycles. The number of rotatable bonds is 5. The van der Waals surface area contributed by atoms with Crippen LogP contribution < -0.4 is 10.2 Å². The largest absolute Gasteiger partial charge is 0.371 e. The Morgan fingerprint density at radius 1 is 1.19 bits per heavy atom. The highest BCUT2D eigenvalue weighted by atomic mass is 15.1. The predicted octanol–water partition coefficient (Wildman–Crippen LogP) is 4.26. The van der Waals surface area contributed by atoms with Gasteiger partial charge in [0.2, 0.25) is 0 Å². The van der Waals surface area contributed by atoms with Crippen LogP contribution in [0.1, 0.15) is 56.6 Å². The van der Waals surface area contributed by atoms with Gasteiger partial charge in [-0.25, -0.2) is 0 Å². The molecule has 0 aromatic heterocycles.